The second kappa shape index (κ2) is 5.66. The average molecular weight is 278 g/mol. The second-order valence-corrected chi connectivity index (χ2v) is 4.24. The van der Waals surface area contributed by atoms with E-state index in [0.29, 0.717) is 17.1 Å². The van der Waals surface area contributed by atoms with Gasteiger partial charge in [-0.1, -0.05) is 0 Å². The molecule has 0 bridgehead atoms. The van der Waals surface area contributed by atoms with Crippen LogP contribution in [-0.2, 0) is 13.7 Å². The van der Waals surface area contributed by atoms with Crippen molar-refractivity contribution < 1.29 is 14.8 Å². The van der Waals surface area contributed by atoms with Gasteiger partial charge in [-0.15, -0.1) is 0 Å². The van der Waals surface area contributed by atoms with Gasteiger partial charge in [0.25, 0.3) is 5.69 Å². The van der Waals surface area contributed by atoms with E-state index in [0.717, 1.165) is 0 Å². The molecule has 0 radical (unpaired) electrons. The highest BCUT2D eigenvalue weighted by Gasteiger charge is 2.16. The molecule has 1 aromatic carbocycles. The summed E-state index contributed by atoms with van der Waals surface area (Å²) in [6, 6.07) is 4.10. The van der Waals surface area contributed by atoms with Gasteiger partial charge in [-0.25, -0.2) is 4.98 Å². The number of ether oxygens (including phenoxy) is 1. The van der Waals surface area contributed by atoms with E-state index in [9.17, 15) is 15.2 Å². The smallest absolute Gasteiger partial charge is 0.270 e. The third-order valence-corrected chi connectivity index (χ3v) is 2.82. The van der Waals surface area contributed by atoms with Crippen LogP contribution in [0.4, 0.5) is 5.69 Å². The molecule has 0 unspecified atom stereocenters. The van der Waals surface area contributed by atoms with Crippen molar-refractivity contribution in [1.29, 1.82) is 0 Å². The molecule has 106 valence electrons. The molecule has 1 atom stereocenters. The molecule has 8 nitrogen and oxygen atoms in total. The number of hydrogen-bond acceptors (Lipinski definition) is 6. The Morgan fingerprint density at radius 2 is 2.30 bits per heavy atom. The minimum absolute atomic E-state index is 0.0908. The number of nitrogens with zero attached hydrogens (tertiary/aromatic N) is 4. The first-order valence-electron chi connectivity index (χ1n) is 5.91. The Labute approximate surface area is 114 Å². The molecular weight excluding hydrogens is 264 g/mol. The van der Waals surface area contributed by atoms with Crippen LogP contribution in [0.2, 0.25) is 0 Å². The van der Waals surface area contributed by atoms with Crippen molar-refractivity contribution in [3.05, 3.63) is 46.0 Å². The van der Waals surface area contributed by atoms with Crippen LogP contribution in [0.1, 0.15) is 24.4 Å². The van der Waals surface area contributed by atoms with Crippen molar-refractivity contribution >= 4 is 5.69 Å². The number of benzene rings is 1. The van der Waals surface area contributed by atoms with Gasteiger partial charge in [0.05, 0.1) is 11.0 Å². The van der Waals surface area contributed by atoms with Crippen LogP contribution in [0.3, 0.4) is 0 Å². The first-order valence-corrected chi connectivity index (χ1v) is 5.91. The zero-order valence-corrected chi connectivity index (χ0v) is 11.1. The number of non-ortho nitro benzene ring substituents is 1. The van der Waals surface area contributed by atoms with E-state index in [4.69, 9.17) is 4.74 Å². The Morgan fingerprint density at radius 1 is 1.55 bits per heavy atom. The van der Waals surface area contributed by atoms with Crippen molar-refractivity contribution in [2.75, 3.05) is 0 Å². The van der Waals surface area contributed by atoms with Gasteiger partial charge in [0.15, 0.2) is 5.82 Å². The summed E-state index contributed by atoms with van der Waals surface area (Å²) in [6.45, 7) is 1.68. The fourth-order valence-electron chi connectivity index (χ4n) is 1.70. The Bertz CT molecular complexity index is 624. The lowest BCUT2D eigenvalue weighted by Gasteiger charge is -2.12. The van der Waals surface area contributed by atoms with E-state index in [2.05, 4.69) is 10.1 Å². The number of hydrogen-bond donors (Lipinski definition) is 1. The van der Waals surface area contributed by atoms with Crippen molar-refractivity contribution in [1.82, 2.24) is 14.8 Å². The van der Waals surface area contributed by atoms with E-state index >= 15 is 0 Å². The Balaban J connectivity index is 2.22. The maximum Gasteiger partial charge on any atom is 0.270 e. The van der Waals surface area contributed by atoms with E-state index in [1.54, 1.807) is 11.7 Å². The molecule has 2 rings (SSSR count). The van der Waals surface area contributed by atoms with Gasteiger partial charge in [-0.3, -0.25) is 14.8 Å². The Hall–Kier alpha value is -2.48. The summed E-state index contributed by atoms with van der Waals surface area (Å²) >= 11 is 0. The summed E-state index contributed by atoms with van der Waals surface area (Å²) in [4.78, 5) is 14.2. The van der Waals surface area contributed by atoms with Gasteiger partial charge in [0.1, 0.15) is 18.7 Å². The predicted molar refractivity (Wildman–Crippen MR) is 69.1 cm³/mol. The van der Waals surface area contributed by atoms with Crippen LogP contribution in [0.25, 0.3) is 0 Å². The van der Waals surface area contributed by atoms with E-state index in [-0.39, 0.29) is 12.3 Å². The summed E-state index contributed by atoms with van der Waals surface area (Å²) in [7, 11) is 1.73. The lowest BCUT2D eigenvalue weighted by molar-refractivity contribution is -0.385. The van der Waals surface area contributed by atoms with Crippen LogP contribution >= 0.6 is 0 Å². The number of aliphatic hydroxyl groups is 1. The van der Waals surface area contributed by atoms with Gasteiger partial charge in [-0.2, -0.15) is 5.10 Å². The minimum Gasteiger partial charge on any atom is -0.485 e. The summed E-state index contributed by atoms with van der Waals surface area (Å²) in [5.41, 5.74) is 0.272. The zero-order chi connectivity index (χ0) is 14.7. The molecule has 1 heterocycles. The van der Waals surface area contributed by atoms with Gasteiger partial charge in [0, 0.05) is 24.7 Å². The molecule has 1 N–H and O–H groups in total. The second-order valence-electron chi connectivity index (χ2n) is 4.24. The molecule has 8 heteroatoms. The van der Waals surface area contributed by atoms with E-state index in [1.165, 1.54) is 31.5 Å². The maximum atomic E-state index is 10.7. The van der Waals surface area contributed by atoms with Crippen LogP contribution in [0.15, 0.2) is 24.5 Å². The first-order chi connectivity index (χ1) is 9.49. The highest BCUT2D eigenvalue weighted by atomic mass is 16.6. The van der Waals surface area contributed by atoms with Crippen molar-refractivity contribution in [3.8, 4) is 5.75 Å². The van der Waals surface area contributed by atoms with Crippen LogP contribution in [0, 0.1) is 10.1 Å². The fourth-order valence-corrected chi connectivity index (χ4v) is 1.70. The Morgan fingerprint density at radius 3 is 2.85 bits per heavy atom. The molecule has 0 saturated carbocycles. The SMILES string of the molecule is C[C@H](O)c1cc([N+](=O)[O-])ccc1OCc1ncnn1C. The molecular formula is C12H14N4O4. The summed E-state index contributed by atoms with van der Waals surface area (Å²) in [5.74, 6) is 0.994. The van der Waals surface area contributed by atoms with E-state index in [1.807, 2.05) is 0 Å². The molecule has 0 amide bonds. The molecule has 0 aliphatic rings. The number of aliphatic hydroxyl groups excluding tert-OH is 1. The molecule has 20 heavy (non-hydrogen) atoms. The number of rotatable bonds is 5. The predicted octanol–water partition coefficient (Wildman–Crippen LogP) is 1.36. The Kier molecular flexibility index (Phi) is 3.94. The third-order valence-electron chi connectivity index (χ3n) is 2.82. The van der Waals surface area contributed by atoms with Gasteiger partial charge < -0.3 is 9.84 Å². The molecule has 0 aliphatic carbocycles. The largest absolute Gasteiger partial charge is 0.485 e. The lowest BCUT2D eigenvalue weighted by atomic mass is 10.1. The van der Waals surface area contributed by atoms with Crippen molar-refractivity contribution in [2.24, 2.45) is 7.05 Å². The molecule has 2 aromatic rings. The average Bonchev–Trinajstić information content (AvgIpc) is 2.81. The quantitative estimate of drug-likeness (QED) is 0.654. The van der Waals surface area contributed by atoms with Crippen LogP contribution in [-0.4, -0.2) is 24.8 Å². The highest BCUT2D eigenvalue weighted by molar-refractivity contribution is 5.44. The highest BCUT2D eigenvalue weighted by Crippen LogP contribution is 2.29. The topological polar surface area (TPSA) is 103 Å². The minimum atomic E-state index is -0.871. The first kappa shape index (κ1) is 13.9. The maximum absolute atomic E-state index is 10.7. The molecule has 0 fully saturated rings. The summed E-state index contributed by atoms with van der Waals surface area (Å²) in [5, 5.41) is 24.3. The normalized spacial score (nSPS) is 12.2. The van der Waals surface area contributed by atoms with Crippen molar-refractivity contribution in [2.45, 2.75) is 19.6 Å². The van der Waals surface area contributed by atoms with Gasteiger partial charge >= 0.3 is 0 Å². The number of nitro benzene ring substituents is 1. The van der Waals surface area contributed by atoms with Gasteiger partial charge in [0.2, 0.25) is 0 Å². The van der Waals surface area contributed by atoms with Crippen molar-refractivity contribution in [3.63, 3.8) is 0 Å². The third kappa shape index (κ3) is 2.91. The molecule has 1 aromatic heterocycles. The van der Waals surface area contributed by atoms with Crippen LogP contribution < -0.4 is 4.74 Å². The number of aryl methyl sites for hydroxylation is 1. The summed E-state index contributed by atoms with van der Waals surface area (Å²) in [6.07, 6.45) is 0.536. The van der Waals surface area contributed by atoms with Gasteiger partial charge in [-0.05, 0) is 13.0 Å². The molecule has 0 saturated heterocycles. The number of nitro groups is 1. The van der Waals surface area contributed by atoms with Crippen LogP contribution in [0.5, 0.6) is 5.75 Å². The fraction of sp³-hybridized carbons (Fsp3) is 0.333. The molecule has 0 spiro atoms. The monoisotopic (exact) mass is 278 g/mol. The standard InChI is InChI=1S/C12H14N4O4/c1-8(17)10-5-9(16(18)19)3-4-11(10)20-6-12-13-7-14-15(12)2/h3-5,7-8,17H,6H2,1-2H3/t8-/m0/s1. The zero-order valence-electron chi connectivity index (χ0n) is 11.1. The number of aromatic nitrogens is 3. The lowest BCUT2D eigenvalue weighted by Crippen LogP contribution is -2.06. The summed E-state index contributed by atoms with van der Waals surface area (Å²) < 4.78 is 7.12. The molecule has 0 aliphatic heterocycles. The van der Waals surface area contributed by atoms with E-state index < -0.39 is 11.0 Å².